The van der Waals surface area contributed by atoms with Crippen LogP contribution in [0.4, 0.5) is 0 Å². The quantitative estimate of drug-likeness (QED) is 0.316. The molecule has 9 heteroatoms. The van der Waals surface area contributed by atoms with Gasteiger partial charge in [0.25, 0.3) is 0 Å². The van der Waals surface area contributed by atoms with Crippen molar-refractivity contribution in [2.45, 2.75) is 17.4 Å². The van der Waals surface area contributed by atoms with Crippen LogP contribution in [0.25, 0.3) is 11.1 Å². The molecule has 0 bridgehead atoms. The molecule has 0 spiro atoms. The lowest BCUT2D eigenvalue weighted by Gasteiger charge is -2.18. The largest absolute Gasteiger partial charge is 0.248 e. The summed E-state index contributed by atoms with van der Waals surface area (Å²) < 4.78 is 29.4. The summed E-state index contributed by atoms with van der Waals surface area (Å²) in [6.07, 6.45) is 1.99. The lowest BCUT2D eigenvalue weighted by Crippen LogP contribution is -2.30. The number of sulfonamides is 1. The Balaban J connectivity index is 1.66. The average Bonchev–Trinajstić information content (AvgIpc) is 3.34. The smallest absolute Gasteiger partial charge is 0.241 e. The fourth-order valence-electron chi connectivity index (χ4n) is 3.40. The van der Waals surface area contributed by atoms with Crippen molar-refractivity contribution in [1.82, 2.24) is 9.71 Å². The normalized spacial score (nSPS) is 12.3. The third-order valence-electron chi connectivity index (χ3n) is 4.93. The number of nitrogens with zero attached hydrogens (tertiary/aromatic N) is 2. The topological polar surface area (TPSA) is 82.9 Å². The van der Waals surface area contributed by atoms with E-state index in [0.29, 0.717) is 38.2 Å². The Kier molecular flexibility index (Phi) is 7.13. The van der Waals surface area contributed by atoms with E-state index in [4.69, 9.17) is 23.2 Å². The van der Waals surface area contributed by atoms with Crippen LogP contribution in [0.2, 0.25) is 10.0 Å². The van der Waals surface area contributed by atoms with E-state index in [1.807, 2.05) is 6.07 Å². The number of halogens is 2. The Labute approximate surface area is 206 Å². The number of nitriles is 1. The second-order valence-corrected chi connectivity index (χ2v) is 10.7. The van der Waals surface area contributed by atoms with Crippen LogP contribution in [0.1, 0.15) is 22.2 Å². The average molecular weight is 514 g/mol. The molecule has 166 valence electrons. The summed E-state index contributed by atoms with van der Waals surface area (Å²) in [5.74, 6) is 0. The van der Waals surface area contributed by atoms with Gasteiger partial charge in [0.05, 0.1) is 22.6 Å². The SMILES string of the molecule is N#Cc1cccc(CC(NS(=O)(=O)c2cccc(-c3ccc(Cl)cc3Cl)c2)c2nccs2)c1. The van der Waals surface area contributed by atoms with Crippen LogP contribution in [0.15, 0.2) is 83.2 Å². The summed E-state index contributed by atoms with van der Waals surface area (Å²) in [5.41, 5.74) is 2.69. The minimum absolute atomic E-state index is 0.110. The van der Waals surface area contributed by atoms with Crippen molar-refractivity contribution in [1.29, 1.82) is 5.26 Å². The fraction of sp³-hybridized carbons (Fsp3) is 0.0833. The predicted molar refractivity (Wildman–Crippen MR) is 132 cm³/mol. The van der Waals surface area contributed by atoms with E-state index in [9.17, 15) is 13.7 Å². The molecule has 0 aliphatic carbocycles. The van der Waals surface area contributed by atoms with E-state index in [0.717, 1.165) is 5.56 Å². The molecule has 0 amide bonds. The fourth-order valence-corrected chi connectivity index (χ4v) is 5.93. The number of thiazole rings is 1. The Morgan fingerprint density at radius 2 is 1.88 bits per heavy atom. The molecule has 0 saturated carbocycles. The highest BCUT2D eigenvalue weighted by Crippen LogP contribution is 2.32. The molecule has 0 fully saturated rings. The van der Waals surface area contributed by atoms with Crippen molar-refractivity contribution in [3.63, 3.8) is 0 Å². The van der Waals surface area contributed by atoms with Gasteiger partial charge in [0, 0.05) is 27.2 Å². The summed E-state index contributed by atoms with van der Waals surface area (Å²) in [6, 6.07) is 20.3. The van der Waals surface area contributed by atoms with Crippen molar-refractivity contribution in [3.8, 4) is 17.2 Å². The molecule has 5 nitrogen and oxygen atoms in total. The van der Waals surface area contributed by atoms with Crippen LogP contribution in [0.5, 0.6) is 0 Å². The van der Waals surface area contributed by atoms with Crippen LogP contribution < -0.4 is 4.72 Å². The highest BCUT2D eigenvalue weighted by Gasteiger charge is 2.24. The molecule has 0 saturated heterocycles. The minimum Gasteiger partial charge on any atom is -0.248 e. The molecule has 0 aliphatic rings. The van der Waals surface area contributed by atoms with Crippen LogP contribution in [0.3, 0.4) is 0 Å². The Hall–Kier alpha value is -2.73. The number of hydrogen-bond acceptors (Lipinski definition) is 5. The lowest BCUT2D eigenvalue weighted by molar-refractivity contribution is 0.554. The molecule has 0 radical (unpaired) electrons. The van der Waals surface area contributed by atoms with Crippen molar-refractivity contribution < 1.29 is 8.42 Å². The second kappa shape index (κ2) is 10.0. The Morgan fingerprint density at radius 3 is 2.61 bits per heavy atom. The second-order valence-electron chi connectivity index (χ2n) is 7.21. The standard InChI is InChI=1S/C24H17Cl2N3O2S2/c25-19-7-8-21(22(26)14-19)18-5-2-6-20(13-18)33(30,31)29-23(24-28-9-10-32-24)12-16-3-1-4-17(11-16)15-27/h1-11,13-14,23,29H,12H2. The van der Waals surface area contributed by atoms with E-state index in [1.54, 1.807) is 66.2 Å². The summed E-state index contributed by atoms with van der Waals surface area (Å²) in [4.78, 5) is 4.42. The molecule has 1 unspecified atom stereocenters. The van der Waals surface area contributed by atoms with Gasteiger partial charge in [-0.3, -0.25) is 0 Å². The summed E-state index contributed by atoms with van der Waals surface area (Å²) in [5, 5.41) is 12.5. The van der Waals surface area contributed by atoms with Gasteiger partial charge in [-0.1, -0.05) is 53.5 Å². The van der Waals surface area contributed by atoms with Gasteiger partial charge in [0.15, 0.2) is 0 Å². The zero-order chi connectivity index (χ0) is 23.4. The van der Waals surface area contributed by atoms with E-state index in [-0.39, 0.29) is 4.90 Å². The van der Waals surface area contributed by atoms with Crippen molar-refractivity contribution in [2.24, 2.45) is 0 Å². The van der Waals surface area contributed by atoms with E-state index in [1.165, 1.54) is 17.4 Å². The summed E-state index contributed by atoms with van der Waals surface area (Å²) in [7, 11) is -3.89. The van der Waals surface area contributed by atoms with Gasteiger partial charge in [0.1, 0.15) is 5.01 Å². The van der Waals surface area contributed by atoms with Gasteiger partial charge in [0.2, 0.25) is 10.0 Å². The first-order valence-corrected chi connectivity index (χ1v) is 12.9. The monoisotopic (exact) mass is 513 g/mol. The van der Waals surface area contributed by atoms with Crippen LogP contribution >= 0.6 is 34.5 Å². The van der Waals surface area contributed by atoms with Gasteiger partial charge in [-0.25, -0.2) is 18.1 Å². The van der Waals surface area contributed by atoms with Gasteiger partial charge < -0.3 is 0 Å². The van der Waals surface area contributed by atoms with E-state index >= 15 is 0 Å². The number of nitrogens with one attached hydrogen (secondary N) is 1. The number of benzene rings is 3. The van der Waals surface area contributed by atoms with Crippen molar-refractivity contribution in [3.05, 3.63) is 104 Å². The zero-order valence-electron chi connectivity index (χ0n) is 17.1. The van der Waals surface area contributed by atoms with E-state index in [2.05, 4.69) is 15.8 Å². The molecule has 0 aliphatic heterocycles. The number of aromatic nitrogens is 1. The molecule has 1 N–H and O–H groups in total. The molecular formula is C24H17Cl2N3O2S2. The van der Waals surface area contributed by atoms with Gasteiger partial charge in [-0.05, 0) is 53.9 Å². The number of rotatable bonds is 7. The lowest BCUT2D eigenvalue weighted by atomic mass is 10.0. The first-order valence-electron chi connectivity index (χ1n) is 9.82. The van der Waals surface area contributed by atoms with Crippen molar-refractivity contribution >= 4 is 44.6 Å². The zero-order valence-corrected chi connectivity index (χ0v) is 20.2. The predicted octanol–water partition coefficient (Wildman–Crippen LogP) is 6.25. The molecule has 1 atom stereocenters. The highest BCUT2D eigenvalue weighted by atomic mass is 35.5. The molecule has 4 aromatic rings. The van der Waals surface area contributed by atoms with Crippen LogP contribution in [-0.4, -0.2) is 13.4 Å². The Bertz CT molecular complexity index is 1430. The summed E-state index contributed by atoms with van der Waals surface area (Å²) >= 11 is 13.7. The van der Waals surface area contributed by atoms with Crippen molar-refractivity contribution in [2.75, 3.05) is 0 Å². The molecule has 4 rings (SSSR count). The maximum atomic E-state index is 13.3. The third kappa shape index (κ3) is 5.61. The molecule has 3 aromatic carbocycles. The van der Waals surface area contributed by atoms with Gasteiger partial charge >= 0.3 is 0 Å². The van der Waals surface area contributed by atoms with Crippen LogP contribution in [0, 0.1) is 11.3 Å². The third-order valence-corrected chi connectivity index (χ3v) is 7.84. The molecule has 1 aromatic heterocycles. The first kappa shape index (κ1) is 23.4. The maximum Gasteiger partial charge on any atom is 0.241 e. The highest BCUT2D eigenvalue weighted by molar-refractivity contribution is 7.89. The first-order chi connectivity index (χ1) is 15.9. The van der Waals surface area contributed by atoms with Crippen LogP contribution in [-0.2, 0) is 16.4 Å². The Morgan fingerprint density at radius 1 is 1.06 bits per heavy atom. The molecule has 1 heterocycles. The molecule has 33 heavy (non-hydrogen) atoms. The number of hydrogen-bond donors (Lipinski definition) is 1. The summed E-state index contributed by atoms with van der Waals surface area (Å²) in [6.45, 7) is 0. The van der Waals surface area contributed by atoms with Gasteiger partial charge in [-0.2, -0.15) is 5.26 Å². The maximum absolute atomic E-state index is 13.3. The molecular weight excluding hydrogens is 497 g/mol. The van der Waals surface area contributed by atoms with Gasteiger partial charge in [-0.15, -0.1) is 11.3 Å². The van der Waals surface area contributed by atoms with E-state index < -0.39 is 16.1 Å². The minimum atomic E-state index is -3.89.